The van der Waals surface area contributed by atoms with Crippen LogP contribution in [0, 0.1) is 5.41 Å². The zero-order valence-corrected chi connectivity index (χ0v) is 11.6. The van der Waals surface area contributed by atoms with Gasteiger partial charge in [-0.3, -0.25) is 14.2 Å². The molecule has 2 atom stereocenters. The van der Waals surface area contributed by atoms with Gasteiger partial charge < -0.3 is 5.11 Å². The molecule has 0 bridgehead atoms. The fraction of sp³-hybridized carbons (Fsp3) is 0.800. The van der Waals surface area contributed by atoms with Gasteiger partial charge in [0.25, 0.3) is 5.91 Å². The zero-order valence-electron chi connectivity index (χ0n) is 10.8. The van der Waals surface area contributed by atoms with Gasteiger partial charge >= 0.3 is 16.4 Å². The standard InChI is InChI=1S/C10H16N2O6S/c1-9(2,3)10-6(4-5-11(10)8(14)15)12(7(10)13)19(16,17)18/h6H,4-5H2,1-3H3,(H,14,15)(H,16,17,18)/t6-,10+/m1/s1. The summed E-state index contributed by atoms with van der Waals surface area (Å²) in [4.78, 5) is 24.5. The molecule has 0 saturated carbocycles. The Bertz CT molecular complexity index is 551. The number of hydrogen-bond acceptors (Lipinski definition) is 4. The van der Waals surface area contributed by atoms with E-state index in [4.69, 9.17) is 4.55 Å². The van der Waals surface area contributed by atoms with E-state index in [9.17, 15) is 23.1 Å². The molecule has 0 aromatic carbocycles. The molecule has 2 heterocycles. The molecule has 0 spiro atoms. The van der Waals surface area contributed by atoms with Gasteiger partial charge in [0.05, 0.1) is 6.04 Å². The molecule has 0 radical (unpaired) electrons. The van der Waals surface area contributed by atoms with Gasteiger partial charge in [-0.2, -0.15) is 8.42 Å². The van der Waals surface area contributed by atoms with E-state index in [-0.39, 0.29) is 13.0 Å². The second-order valence-electron chi connectivity index (χ2n) is 5.83. The largest absolute Gasteiger partial charge is 0.465 e. The summed E-state index contributed by atoms with van der Waals surface area (Å²) in [6, 6.07) is -0.842. The minimum Gasteiger partial charge on any atom is -0.465 e. The van der Waals surface area contributed by atoms with Crippen molar-refractivity contribution in [1.82, 2.24) is 9.21 Å². The van der Waals surface area contributed by atoms with Gasteiger partial charge in [0, 0.05) is 6.54 Å². The van der Waals surface area contributed by atoms with Crippen LogP contribution in [0.1, 0.15) is 27.2 Å². The predicted octanol–water partition coefficient (Wildman–Crippen LogP) is 0.169. The summed E-state index contributed by atoms with van der Waals surface area (Å²) < 4.78 is 31.9. The molecule has 2 aliphatic heterocycles. The molecule has 19 heavy (non-hydrogen) atoms. The second-order valence-corrected chi connectivity index (χ2v) is 7.12. The molecule has 108 valence electrons. The van der Waals surface area contributed by atoms with Crippen LogP contribution < -0.4 is 0 Å². The third-order valence-electron chi connectivity index (χ3n) is 3.97. The zero-order chi connectivity index (χ0) is 14.8. The minimum absolute atomic E-state index is 0.0645. The quantitative estimate of drug-likeness (QED) is 0.526. The van der Waals surface area contributed by atoms with E-state index in [1.165, 1.54) is 0 Å². The van der Waals surface area contributed by atoms with Crippen LogP contribution in [0.2, 0.25) is 0 Å². The monoisotopic (exact) mass is 292 g/mol. The summed E-state index contributed by atoms with van der Waals surface area (Å²) in [5, 5.41) is 9.21. The normalized spacial score (nSPS) is 31.2. The fourth-order valence-electron chi connectivity index (χ4n) is 3.34. The van der Waals surface area contributed by atoms with Crippen LogP contribution >= 0.6 is 0 Å². The van der Waals surface area contributed by atoms with E-state index in [0.717, 1.165) is 4.90 Å². The van der Waals surface area contributed by atoms with E-state index in [1.54, 1.807) is 20.8 Å². The molecule has 0 aliphatic carbocycles. The molecule has 9 heteroatoms. The number of fused-ring (bicyclic) bond motifs is 1. The smallest absolute Gasteiger partial charge is 0.408 e. The molecule has 2 fully saturated rings. The highest BCUT2D eigenvalue weighted by molar-refractivity contribution is 7.84. The molecule has 2 amide bonds. The average molecular weight is 292 g/mol. The summed E-state index contributed by atoms with van der Waals surface area (Å²) in [7, 11) is -4.65. The minimum atomic E-state index is -4.65. The van der Waals surface area contributed by atoms with Gasteiger partial charge in [0.15, 0.2) is 5.54 Å². The first kappa shape index (κ1) is 14.1. The topological polar surface area (TPSA) is 115 Å². The number of carbonyl (C=O) groups is 2. The van der Waals surface area contributed by atoms with Crippen LogP contribution in [-0.2, 0) is 15.1 Å². The van der Waals surface area contributed by atoms with Crippen LogP contribution in [0.3, 0.4) is 0 Å². The maximum Gasteiger partial charge on any atom is 0.408 e. The average Bonchev–Trinajstić information content (AvgIpc) is 2.49. The van der Waals surface area contributed by atoms with Crippen molar-refractivity contribution in [3.63, 3.8) is 0 Å². The van der Waals surface area contributed by atoms with Crippen molar-refractivity contribution in [1.29, 1.82) is 0 Å². The molecular formula is C10H16N2O6S. The van der Waals surface area contributed by atoms with Crippen molar-refractivity contribution in [3.05, 3.63) is 0 Å². The molecule has 0 aromatic rings. The maximum atomic E-state index is 12.3. The lowest BCUT2D eigenvalue weighted by Gasteiger charge is -2.58. The SMILES string of the molecule is CC(C)(C)[C@@]12C(=O)N(S(=O)(=O)O)[C@@H]1CCN2C(=O)O. The van der Waals surface area contributed by atoms with E-state index >= 15 is 0 Å². The highest BCUT2D eigenvalue weighted by Crippen LogP contribution is 2.54. The Morgan fingerprint density at radius 2 is 1.95 bits per heavy atom. The molecule has 0 unspecified atom stereocenters. The first-order valence-corrected chi connectivity index (χ1v) is 7.17. The molecule has 0 aromatic heterocycles. The summed E-state index contributed by atoms with van der Waals surface area (Å²) in [6.07, 6.45) is -1.07. The molecular weight excluding hydrogens is 276 g/mol. The Kier molecular flexibility index (Phi) is 2.67. The van der Waals surface area contributed by atoms with Crippen molar-refractivity contribution < 1.29 is 27.7 Å². The van der Waals surface area contributed by atoms with Gasteiger partial charge in [-0.25, -0.2) is 9.10 Å². The Labute approximate surface area is 110 Å². The Morgan fingerprint density at radius 1 is 1.42 bits per heavy atom. The summed E-state index contributed by atoms with van der Waals surface area (Å²) in [6.45, 7) is 5.11. The van der Waals surface area contributed by atoms with Gasteiger partial charge in [0.2, 0.25) is 0 Å². The lowest BCUT2D eigenvalue weighted by molar-refractivity contribution is -0.168. The lowest BCUT2D eigenvalue weighted by Crippen LogP contribution is -2.82. The van der Waals surface area contributed by atoms with Crippen LogP contribution in [0.4, 0.5) is 4.79 Å². The molecule has 2 rings (SSSR count). The third-order valence-corrected chi connectivity index (χ3v) is 4.88. The van der Waals surface area contributed by atoms with Gasteiger partial charge in [0.1, 0.15) is 0 Å². The van der Waals surface area contributed by atoms with E-state index < -0.39 is 39.3 Å². The number of carboxylic acid groups (broad SMARTS) is 1. The van der Waals surface area contributed by atoms with Gasteiger partial charge in [-0.15, -0.1) is 0 Å². The van der Waals surface area contributed by atoms with Crippen molar-refractivity contribution in [2.45, 2.75) is 38.8 Å². The highest BCUT2D eigenvalue weighted by Gasteiger charge is 2.75. The number of β-lactam (4-membered cyclic amide) rings is 1. The number of rotatable bonds is 1. The van der Waals surface area contributed by atoms with E-state index in [1.807, 2.05) is 0 Å². The van der Waals surface area contributed by atoms with Crippen molar-refractivity contribution >= 4 is 22.3 Å². The van der Waals surface area contributed by atoms with Crippen LogP contribution in [0.5, 0.6) is 0 Å². The van der Waals surface area contributed by atoms with Gasteiger partial charge in [-0.05, 0) is 11.8 Å². The third kappa shape index (κ3) is 1.51. The Hall–Kier alpha value is -1.35. The molecule has 2 saturated heterocycles. The van der Waals surface area contributed by atoms with E-state index in [2.05, 4.69) is 0 Å². The number of amides is 2. The predicted molar refractivity (Wildman–Crippen MR) is 63.7 cm³/mol. The molecule has 8 nitrogen and oxygen atoms in total. The summed E-state index contributed by atoms with van der Waals surface area (Å²) >= 11 is 0. The lowest BCUT2D eigenvalue weighted by atomic mass is 9.64. The maximum absolute atomic E-state index is 12.3. The number of nitrogens with zero attached hydrogens (tertiary/aromatic N) is 2. The highest BCUT2D eigenvalue weighted by atomic mass is 32.2. The number of hydrogen-bond donors (Lipinski definition) is 2. The number of carbonyl (C=O) groups excluding carboxylic acids is 1. The summed E-state index contributed by atoms with van der Waals surface area (Å²) in [5.74, 6) is -0.882. The van der Waals surface area contributed by atoms with Gasteiger partial charge in [-0.1, -0.05) is 20.8 Å². The Balaban J connectivity index is 2.56. The molecule has 2 aliphatic rings. The first-order chi connectivity index (χ1) is 8.45. The van der Waals surface area contributed by atoms with E-state index in [0.29, 0.717) is 4.31 Å². The van der Waals surface area contributed by atoms with Crippen LogP contribution in [0.15, 0.2) is 0 Å². The fourth-order valence-corrected chi connectivity index (χ4v) is 4.27. The number of likely N-dealkylation sites (tertiary alicyclic amines) is 1. The second kappa shape index (κ2) is 3.60. The van der Waals surface area contributed by atoms with Crippen molar-refractivity contribution in [2.75, 3.05) is 6.54 Å². The van der Waals surface area contributed by atoms with Crippen molar-refractivity contribution in [2.24, 2.45) is 5.41 Å². The first-order valence-electron chi connectivity index (χ1n) is 5.77. The van der Waals surface area contributed by atoms with Crippen molar-refractivity contribution in [3.8, 4) is 0 Å². The van der Waals surface area contributed by atoms with Crippen LogP contribution in [0.25, 0.3) is 0 Å². The molecule has 2 N–H and O–H groups in total. The van der Waals surface area contributed by atoms with Crippen LogP contribution in [-0.4, -0.2) is 57.4 Å². The Morgan fingerprint density at radius 3 is 2.32 bits per heavy atom. The summed E-state index contributed by atoms with van der Waals surface area (Å²) in [5.41, 5.74) is -2.19.